The van der Waals surface area contributed by atoms with Gasteiger partial charge in [0.2, 0.25) is 12.2 Å². The van der Waals surface area contributed by atoms with E-state index in [4.69, 9.17) is 15.2 Å². The molecule has 230 valence electrons. The van der Waals surface area contributed by atoms with Crippen LogP contribution in [0.4, 0.5) is 15.6 Å². The van der Waals surface area contributed by atoms with Gasteiger partial charge in [-0.3, -0.25) is 4.79 Å². The summed E-state index contributed by atoms with van der Waals surface area (Å²) in [7, 11) is 0. The molecule has 1 aliphatic heterocycles. The highest BCUT2D eigenvalue weighted by atomic mass is 32.1. The van der Waals surface area contributed by atoms with Gasteiger partial charge in [0.1, 0.15) is 18.3 Å². The van der Waals surface area contributed by atoms with E-state index in [9.17, 15) is 39.9 Å². The van der Waals surface area contributed by atoms with Gasteiger partial charge in [-0.15, -0.1) is 11.3 Å². The first kappa shape index (κ1) is 31.8. The van der Waals surface area contributed by atoms with Crippen molar-refractivity contribution in [3.05, 3.63) is 76.8 Å². The predicted molar refractivity (Wildman–Crippen MR) is 153 cm³/mol. The van der Waals surface area contributed by atoms with Crippen LogP contribution in [0.15, 0.2) is 60.0 Å². The zero-order valence-electron chi connectivity index (χ0n) is 22.7. The number of carbonyl (C=O) groups is 3. The Morgan fingerprint density at radius 1 is 1.05 bits per heavy atom. The Labute approximate surface area is 249 Å². The third kappa shape index (κ3) is 8.47. The third-order valence-corrected chi connectivity index (χ3v) is 7.41. The highest BCUT2D eigenvalue weighted by Crippen LogP contribution is 2.24. The molecule has 8 N–H and O–H groups in total. The van der Waals surface area contributed by atoms with Gasteiger partial charge in [-0.25, -0.2) is 14.6 Å². The Kier molecular flexibility index (Phi) is 10.6. The molecule has 1 saturated heterocycles. The Balaban J connectivity index is 1.41. The van der Waals surface area contributed by atoms with Crippen molar-refractivity contribution in [1.29, 1.82) is 0 Å². The molecular weight excluding hydrogens is 584 g/mol. The number of benzene rings is 2. The maximum Gasteiger partial charge on any atom is 0.412 e. The number of amides is 2. The van der Waals surface area contributed by atoms with Gasteiger partial charge in [-0.05, 0) is 29.7 Å². The molecule has 4 rings (SSSR count). The molecule has 6 atom stereocenters. The topological polar surface area (TPSA) is 225 Å². The lowest BCUT2D eigenvalue weighted by Gasteiger charge is -2.38. The summed E-state index contributed by atoms with van der Waals surface area (Å²) in [5.74, 6) is -1.89. The Bertz CT molecular complexity index is 1390. The molecule has 0 unspecified atom stereocenters. The van der Waals surface area contributed by atoms with Gasteiger partial charge in [0.05, 0.1) is 24.8 Å². The summed E-state index contributed by atoms with van der Waals surface area (Å²) in [6.07, 6.45) is -11.5. The molecule has 2 amide bonds. The molecule has 3 aromatic rings. The van der Waals surface area contributed by atoms with Crippen LogP contribution in [-0.4, -0.2) is 97.2 Å². The fourth-order valence-corrected chi connectivity index (χ4v) is 4.92. The molecule has 43 heavy (non-hydrogen) atoms. The molecule has 0 saturated carbocycles. The summed E-state index contributed by atoms with van der Waals surface area (Å²) in [4.78, 5) is 42.1. The Morgan fingerprint density at radius 2 is 1.74 bits per heavy atom. The van der Waals surface area contributed by atoms with Crippen molar-refractivity contribution in [2.24, 2.45) is 0 Å². The van der Waals surface area contributed by atoms with Crippen LogP contribution in [0.25, 0.3) is 0 Å². The number of carboxylic acids is 1. The SMILES string of the molecule is Nc1nc(CC(=O)Nc2ccc(CCN(C[C@H](O)c3ccccc3)C(=O)O[C@@H]3O[C@H](C(=O)O)[C@@H](O)[C@H](O)[C@H]3O)cc2)cs1. The first-order valence-electron chi connectivity index (χ1n) is 13.2. The van der Waals surface area contributed by atoms with Crippen molar-refractivity contribution in [3.63, 3.8) is 0 Å². The number of nitrogens with zero attached hydrogens (tertiary/aromatic N) is 2. The van der Waals surface area contributed by atoms with Crippen molar-refractivity contribution < 1.29 is 49.4 Å². The number of carbonyl (C=O) groups excluding carboxylic acids is 2. The molecule has 0 bridgehead atoms. The molecule has 1 fully saturated rings. The number of ether oxygens (including phenoxy) is 2. The molecule has 0 aliphatic carbocycles. The predicted octanol–water partition coefficient (Wildman–Crippen LogP) is 0.513. The number of hydrogen-bond donors (Lipinski definition) is 7. The van der Waals surface area contributed by atoms with Crippen LogP contribution in [0.2, 0.25) is 0 Å². The van der Waals surface area contributed by atoms with Gasteiger partial charge < -0.3 is 51.0 Å². The van der Waals surface area contributed by atoms with Gasteiger partial charge in [0, 0.05) is 17.6 Å². The lowest BCUT2D eigenvalue weighted by molar-refractivity contribution is -0.280. The summed E-state index contributed by atoms with van der Waals surface area (Å²) < 4.78 is 10.3. The number of anilines is 2. The number of carboxylic acid groups (broad SMARTS) is 1. The number of aliphatic carboxylic acids is 1. The van der Waals surface area contributed by atoms with E-state index in [0.717, 1.165) is 10.5 Å². The van der Waals surface area contributed by atoms with Crippen LogP contribution < -0.4 is 11.1 Å². The first-order valence-corrected chi connectivity index (χ1v) is 14.1. The number of nitrogens with two attached hydrogens (primary N) is 1. The highest BCUT2D eigenvalue weighted by molar-refractivity contribution is 7.13. The second-order valence-corrected chi connectivity index (χ2v) is 10.7. The van der Waals surface area contributed by atoms with E-state index in [2.05, 4.69) is 10.3 Å². The van der Waals surface area contributed by atoms with E-state index >= 15 is 0 Å². The van der Waals surface area contributed by atoms with E-state index in [1.54, 1.807) is 60.0 Å². The second-order valence-electron chi connectivity index (χ2n) is 9.84. The van der Waals surface area contributed by atoms with Crippen LogP contribution in [0.5, 0.6) is 0 Å². The smallest absolute Gasteiger partial charge is 0.412 e. The molecule has 14 nitrogen and oxygen atoms in total. The maximum atomic E-state index is 13.2. The number of thiazole rings is 1. The highest BCUT2D eigenvalue weighted by Gasteiger charge is 2.49. The van der Waals surface area contributed by atoms with Crippen molar-refractivity contribution in [2.45, 2.75) is 49.7 Å². The van der Waals surface area contributed by atoms with E-state index in [-0.39, 0.29) is 31.8 Å². The van der Waals surface area contributed by atoms with Crippen LogP contribution >= 0.6 is 11.3 Å². The fraction of sp³-hybridized carbons (Fsp3) is 0.357. The standard InChI is InChI=1S/C28H32N4O10S/c29-27-31-18(14-43-27)12-20(34)30-17-8-6-15(7-9-17)10-11-32(13-19(33)16-4-2-1-3-5-16)28(40)42-26-23(37)21(35)22(36)24(41-26)25(38)39/h1-9,14,19,21-24,26,33,35-37H,10-13H2,(H2,29,31)(H,30,34)(H,38,39)/t19-,21-,22-,23+,24-,26-/m0/s1. The molecular formula is C28H32N4O10S. The maximum absolute atomic E-state index is 13.2. The molecule has 1 aromatic heterocycles. The van der Waals surface area contributed by atoms with Crippen LogP contribution in [-0.2, 0) is 31.9 Å². The number of nitrogen functional groups attached to an aromatic ring is 1. The van der Waals surface area contributed by atoms with E-state index < -0.39 is 48.9 Å². The fourth-order valence-electron chi connectivity index (χ4n) is 4.36. The van der Waals surface area contributed by atoms with Gasteiger partial charge >= 0.3 is 12.1 Å². The van der Waals surface area contributed by atoms with Gasteiger partial charge in [-0.2, -0.15) is 0 Å². The van der Waals surface area contributed by atoms with Gasteiger partial charge in [0.25, 0.3) is 0 Å². The molecule has 1 aliphatic rings. The first-order chi connectivity index (χ1) is 20.5. The Hall–Kier alpha value is -4.12. The van der Waals surface area contributed by atoms with E-state index in [1.165, 1.54) is 11.3 Å². The van der Waals surface area contributed by atoms with Gasteiger partial charge in [-0.1, -0.05) is 42.5 Å². The number of aliphatic hydroxyl groups excluding tert-OH is 4. The molecule has 2 aromatic carbocycles. The molecule has 0 spiro atoms. The van der Waals surface area contributed by atoms with Crippen molar-refractivity contribution in [3.8, 4) is 0 Å². The monoisotopic (exact) mass is 616 g/mol. The van der Waals surface area contributed by atoms with Crippen molar-refractivity contribution in [2.75, 3.05) is 24.1 Å². The summed E-state index contributed by atoms with van der Waals surface area (Å²) in [6, 6.07) is 15.4. The zero-order valence-corrected chi connectivity index (χ0v) is 23.5. The average molecular weight is 617 g/mol. The lowest BCUT2D eigenvalue weighted by Crippen LogP contribution is -2.61. The lowest BCUT2D eigenvalue weighted by atomic mass is 9.99. The minimum atomic E-state index is -1.95. The minimum absolute atomic E-state index is 0.0238. The van der Waals surface area contributed by atoms with Crippen molar-refractivity contribution >= 4 is 40.1 Å². The van der Waals surface area contributed by atoms with Crippen LogP contribution in [0, 0.1) is 0 Å². The molecule has 2 heterocycles. The zero-order chi connectivity index (χ0) is 31.1. The summed E-state index contributed by atoms with van der Waals surface area (Å²) >= 11 is 1.25. The van der Waals surface area contributed by atoms with Gasteiger partial charge in [0.15, 0.2) is 11.2 Å². The Morgan fingerprint density at radius 3 is 2.37 bits per heavy atom. The van der Waals surface area contributed by atoms with Crippen molar-refractivity contribution in [1.82, 2.24) is 9.88 Å². The summed E-state index contributed by atoms with van der Waals surface area (Å²) in [6.45, 7) is -0.204. The largest absolute Gasteiger partial charge is 0.479 e. The average Bonchev–Trinajstić information content (AvgIpc) is 3.40. The van der Waals surface area contributed by atoms with E-state index in [0.29, 0.717) is 22.1 Å². The number of hydrogen-bond acceptors (Lipinski definition) is 12. The third-order valence-electron chi connectivity index (χ3n) is 6.69. The van der Waals surface area contributed by atoms with Crippen LogP contribution in [0.1, 0.15) is 22.9 Å². The summed E-state index contributed by atoms with van der Waals surface area (Å²) in [5.41, 5.74) is 8.01. The van der Waals surface area contributed by atoms with E-state index in [1.807, 2.05) is 0 Å². The quantitative estimate of drug-likeness (QED) is 0.156. The second kappa shape index (κ2) is 14.4. The number of rotatable bonds is 11. The normalized spacial score (nSPS) is 22.4. The molecule has 0 radical (unpaired) electrons. The minimum Gasteiger partial charge on any atom is -0.479 e. The summed E-state index contributed by atoms with van der Waals surface area (Å²) in [5, 5.41) is 55.1. The number of aliphatic hydroxyl groups is 4. The number of nitrogens with one attached hydrogen (secondary N) is 1. The van der Waals surface area contributed by atoms with Crippen LogP contribution in [0.3, 0.4) is 0 Å². The number of aromatic nitrogens is 1. The molecule has 15 heteroatoms.